The second-order valence-corrected chi connectivity index (χ2v) is 11.2. The maximum Gasteiger partial charge on any atom is 0.244 e. The van der Waals surface area contributed by atoms with E-state index in [4.69, 9.17) is 10.5 Å². The summed E-state index contributed by atoms with van der Waals surface area (Å²) in [6.45, 7) is 3.67. The second-order valence-electron chi connectivity index (χ2n) is 9.66. The van der Waals surface area contributed by atoms with Crippen LogP contribution < -0.4 is 10.5 Å². The van der Waals surface area contributed by atoms with Crippen molar-refractivity contribution < 1.29 is 14.9 Å². The van der Waals surface area contributed by atoms with Crippen LogP contribution in [0.5, 0.6) is 5.88 Å². The van der Waals surface area contributed by atoms with Gasteiger partial charge in [-0.05, 0) is 71.4 Å². The quantitative estimate of drug-likeness (QED) is 0.314. The van der Waals surface area contributed by atoms with E-state index in [9.17, 15) is 10.2 Å². The molecule has 4 N–H and O–H groups in total. The number of hydrogen-bond acceptors (Lipinski definition) is 10. The molecule has 14 heteroatoms. The average Bonchev–Trinajstić information content (AvgIpc) is 3.28. The van der Waals surface area contributed by atoms with Crippen LogP contribution in [0, 0.1) is 0 Å². The highest BCUT2D eigenvalue weighted by Gasteiger charge is 2.43. The summed E-state index contributed by atoms with van der Waals surface area (Å²) in [5, 5.41) is 28.0. The zero-order valence-electron chi connectivity index (χ0n) is 19.4. The van der Waals surface area contributed by atoms with Gasteiger partial charge in [-0.3, -0.25) is 0 Å². The molecular weight excluding hydrogens is 586 g/mol. The zero-order chi connectivity index (χ0) is 25.1. The van der Waals surface area contributed by atoms with Gasteiger partial charge >= 0.3 is 0 Å². The van der Waals surface area contributed by atoms with Crippen molar-refractivity contribution in [2.45, 2.75) is 62.6 Å². The number of aromatic nitrogens is 8. The minimum absolute atomic E-state index is 0.220. The van der Waals surface area contributed by atoms with E-state index in [2.05, 4.69) is 62.0 Å². The zero-order valence-corrected chi connectivity index (χ0v) is 22.5. The molecule has 0 aromatic carbocycles. The van der Waals surface area contributed by atoms with Crippen LogP contribution in [0.4, 0.5) is 5.82 Å². The third-order valence-electron chi connectivity index (χ3n) is 6.49. The normalized spacial score (nSPS) is 27.7. The van der Waals surface area contributed by atoms with Gasteiger partial charge in [-0.2, -0.15) is 15.2 Å². The summed E-state index contributed by atoms with van der Waals surface area (Å²) in [4.78, 5) is 16.9. The first-order valence-electron chi connectivity index (χ1n) is 11.0. The topological polar surface area (TPSA) is 162 Å². The summed E-state index contributed by atoms with van der Waals surface area (Å²) in [7, 11) is 1.57. The van der Waals surface area contributed by atoms with Crippen LogP contribution in [0.1, 0.15) is 63.0 Å². The number of methoxy groups -OCH3 is 1. The van der Waals surface area contributed by atoms with Crippen LogP contribution in [0.3, 0.4) is 0 Å². The number of nitrogens with two attached hydrogens (primary N) is 1. The lowest BCUT2D eigenvalue weighted by molar-refractivity contribution is -0.0342. The highest BCUT2D eigenvalue weighted by atomic mass is 79.9. The number of imidazole rings is 2. The third kappa shape index (κ3) is 4.36. The van der Waals surface area contributed by atoms with Crippen LogP contribution >= 0.6 is 31.9 Å². The van der Waals surface area contributed by atoms with Crippen LogP contribution in [-0.4, -0.2) is 67.7 Å². The van der Waals surface area contributed by atoms with E-state index in [1.807, 2.05) is 13.8 Å². The summed E-state index contributed by atoms with van der Waals surface area (Å²) >= 11 is 6.77. The number of nitrogens with zero attached hydrogens (tertiary/aromatic N) is 8. The lowest BCUT2D eigenvalue weighted by Gasteiger charge is -2.39. The number of halogens is 2. The number of hydrogen-bond donors (Lipinski definition) is 3. The van der Waals surface area contributed by atoms with Gasteiger partial charge in [-0.1, -0.05) is 0 Å². The molecule has 2 aliphatic rings. The maximum atomic E-state index is 9.82. The van der Waals surface area contributed by atoms with Gasteiger partial charge in [0.15, 0.2) is 11.3 Å². The minimum Gasteiger partial charge on any atom is -0.479 e. The number of aliphatic hydroxyl groups is 2. The van der Waals surface area contributed by atoms with Gasteiger partial charge in [0, 0.05) is 11.8 Å². The number of ether oxygens (including phenoxy) is 1. The monoisotopic (exact) mass is 609 g/mol. The molecule has 0 radical (unpaired) electrons. The number of anilines is 1. The van der Waals surface area contributed by atoms with E-state index in [0.717, 1.165) is 17.2 Å². The molecule has 4 aromatic heterocycles. The molecule has 35 heavy (non-hydrogen) atoms. The Morgan fingerprint density at radius 1 is 0.886 bits per heavy atom. The molecule has 6 rings (SSSR count). The first-order valence-corrected chi connectivity index (χ1v) is 12.6. The SMILES string of the molecule is CC1(O)CC(c2nc(Br)c3c(N)ncnn23)C1.COc1ncnn2c(C3CC(C)(O)C3)nc(Br)c12. The Hall–Kier alpha value is -2.42. The predicted molar refractivity (Wildman–Crippen MR) is 133 cm³/mol. The van der Waals surface area contributed by atoms with Gasteiger partial charge in [-0.25, -0.2) is 24.0 Å². The van der Waals surface area contributed by atoms with Gasteiger partial charge in [0.25, 0.3) is 0 Å². The van der Waals surface area contributed by atoms with E-state index in [1.54, 1.807) is 16.1 Å². The molecule has 12 nitrogen and oxygen atoms in total. The number of rotatable bonds is 3. The highest BCUT2D eigenvalue weighted by molar-refractivity contribution is 9.10. The molecule has 2 saturated carbocycles. The largest absolute Gasteiger partial charge is 0.479 e. The molecule has 186 valence electrons. The molecule has 0 saturated heterocycles. The molecule has 0 spiro atoms. The highest BCUT2D eigenvalue weighted by Crippen LogP contribution is 2.45. The van der Waals surface area contributed by atoms with E-state index in [0.29, 0.717) is 52.1 Å². The molecule has 0 bridgehead atoms. The fraction of sp³-hybridized carbons (Fsp3) is 0.524. The lowest BCUT2D eigenvalue weighted by atomic mass is 9.72. The molecule has 2 fully saturated rings. The fourth-order valence-electron chi connectivity index (χ4n) is 4.87. The molecule has 4 aromatic rings. The van der Waals surface area contributed by atoms with Crippen molar-refractivity contribution in [1.29, 1.82) is 0 Å². The van der Waals surface area contributed by atoms with E-state index in [1.165, 1.54) is 12.7 Å². The summed E-state index contributed by atoms with van der Waals surface area (Å²) in [5.41, 5.74) is 6.04. The van der Waals surface area contributed by atoms with Crippen molar-refractivity contribution in [2.75, 3.05) is 12.8 Å². The molecule has 0 atom stereocenters. The van der Waals surface area contributed by atoms with E-state index < -0.39 is 11.2 Å². The van der Waals surface area contributed by atoms with Crippen molar-refractivity contribution in [3.8, 4) is 5.88 Å². The Balaban J connectivity index is 0.000000145. The first kappa shape index (κ1) is 24.3. The Kier molecular flexibility index (Phi) is 5.97. The molecular formula is C21H25Br2N9O3. The Morgan fingerprint density at radius 2 is 1.34 bits per heavy atom. The van der Waals surface area contributed by atoms with Gasteiger partial charge in [0.1, 0.15) is 39.0 Å². The predicted octanol–water partition coefficient (Wildman–Crippen LogP) is 2.62. The van der Waals surface area contributed by atoms with Gasteiger partial charge < -0.3 is 20.7 Å². The summed E-state index contributed by atoms with van der Waals surface area (Å²) < 4.78 is 9.95. The van der Waals surface area contributed by atoms with Crippen molar-refractivity contribution in [3.63, 3.8) is 0 Å². The van der Waals surface area contributed by atoms with Gasteiger partial charge in [0.2, 0.25) is 5.88 Å². The summed E-state index contributed by atoms with van der Waals surface area (Å²) in [5.74, 6) is 2.99. The first-order chi connectivity index (χ1) is 16.5. The van der Waals surface area contributed by atoms with Crippen molar-refractivity contribution in [1.82, 2.24) is 39.2 Å². The second kappa shape index (κ2) is 8.61. The van der Waals surface area contributed by atoms with Crippen molar-refractivity contribution >= 4 is 48.7 Å². The third-order valence-corrected chi connectivity index (χ3v) is 7.60. The molecule has 0 aliphatic heterocycles. The lowest BCUT2D eigenvalue weighted by Crippen LogP contribution is -2.40. The average molecular weight is 611 g/mol. The molecule has 2 aliphatic carbocycles. The Labute approximate surface area is 217 Å². The van der Waals surface area contributed by atoms with Crippen LogP contribution in [0.2, 0.25) is 0 Å². The van der Waals surface area contributed by atoms with Gasteiger partial charge in [0.05, 0.1) is 18.3 Å². The molecule has 0 unspecified atom stereocenters. The smallest absolute Gasteiger partial charge is 0.244 e. The van der Waals surface area contributed by atoms with Crippen molar-refractivity contribution in [3.05, 3.63) is 33.5 Å². The van der Waals surface area contributed by atoms with E-state index >= 15 is 0 Å². The van der Waals surface area contributed by atoms with Gasteiger partial charge in [-0.15, -0.1) is 0 Å². The number of fused-ring (bicyclic) bond motifs is 2. The maximum absolute atomic E-state index is 9.82. The number of nitrogen functional groups attached to an aromatic ring is 1. The molecule has 0 amide bonds. The van der Waals surface area contributed by atoms with E-state index in [-0.39, 0.29) is 11.8 Å². The summed E-state index contributed by atoms with van der Waals surface area (Å²) in [6, 6.07) is 0. The van der Waals surface area contributed by atoms with Crippen molar-refractivity contribution in [2.24, 2.45) is 0 Å². The Bertz CT molecular complexity index is 1400. The molecule has 4 heterocycles. The summed E-state index contributed by atoms with van der Waals surface area (Å²) in [6.07, 6.45) is 5.65. The van der Waals surface area contributed by atoms with Crippen LogP contribution in [0.15, 0.2) is 21.9 Å². The fourth-order valence-corrected chi connectivity index (χ4v) is 5.94. The van der Waals surface area contributed by atoms with Crippen LogP contribution in [-0.2, 0) is 0 Å². The standard InChI is InChI=1S/C11H13BrN4O2.C10H12BrN5O/c1-11(17)3-6(4-11)9-15-8(12)7-10(18-2)13-5-14-16(7)9;1-10(17)2-5(3-10)9-15-7(11)6-8(12)13-4-14-16(6)9/h5-6,17H,3-4H2,1-2H3;4-5,17H,2-3H2,1H3,(H2,12,13,14). The minimum atomic E-state index is -0.583. The Morgan fingerprint density at radius 3 is 1.83 bits per heavy atom. The van der Waals surface area contributed by atoms with Crippen LogP contribution in [0.25, 0.3) is 11.0 Å².